The van der Waals surface area contributed by atoms with Crippen LogP contribution in [0.2, 0.25) is 0 Å². The van der Waals surface area contributed by atoms with E-state index < -0.39 is 5.97 Å². The van der Waals surface area contributed by atoms with Gasteiger partial charge in [0, 0.05) is 17.9 Å². The summed E-state index contributed by atoms with van der Waals surface area (Å²) in [7, 11) is 0. The zero-order chi connectivity index (χ0) is 22.2. The van der Waals surface area contributed by atoms with Gasteiger partial charge >= 0.3 is 5.97 Å². The van der Waals surface area contributed by atoms with Crippen LogP contribution >= 0.6 is 0 Å². The molecule has 4 atom stereocenters. The van der Waals surface area contributed by atoms with E-state index in [0.717, 1.165) is 30.4 Å². The van der Waals surface area contributed by atoms with Gasteiger partial charge in [-0.25, -0.2) is 4.98 Å². The zero-order valence-corrected chi connectivity index (χ0v) is 18.3. The summed E-state index contributed by atoms with van der Waals surface area (Å²) in [5.41, 5.74) is 2.14. The highest BCUT2D eigenvalue weighted by atomic mass is 16.5. The van der Waals surface area contributed by atoms with Gasteiger partial charge in [0.25, 0.3) is 5.91 Å². The van der Waals surface area contributed by atoms with Crippen LogP contribution in [0.4, 0.5) is 0 Å². The number of carbonyl (C=O) groups excluding carboxylic acids is 1. The average Bonchev–Trinajstić information content (AvgIpc) is 3.42. The lowest BCUT2D eigenvalue weighted by Crippen LogP contribution is -2.40. The highest BCUT2D eigenvalue weighted by Crippen LogP contribution is 2.50. The number of hydrogen-bond acceptors (Lipinski definition) is 5. The number of amides is 1. The van der Waals surface area contributed by atoms with E-state index in [-0.39, 0.29) is 47.6 Å². The molecule has 166 valence electrons. The lowest BCUT2D eigenvalue weighted by molar-refractivity contribution is -0.136. The first kappa shape index (κ1) is 21.6. The van der Waals surface area contributed by atoms with Crippen LogP contribution in [-0.2, 0) is 22.4 Å². The fourth-order valence-corrected chi connectivity index (χ4v) is 4.82. The Bertz CT molecular complexity index is 961. The van der Waals surface area contributed by atoms with E-state index in [4.69, 9.17) is 14.3 Å². The summed E-state index contributed by atoms with van der Waals surface area (Å²) < 4.78 is 12.0. The monoisotopic (exact) mass is 426 g/mol. The SMILES string of the molecule is CC(C)(C)NC(=O)c1coc([C@H]2[C@H](Cc3ccccc3CCC(=O)O)[C@@H]3CC[C@H]2O3)n1. The van der Waals surface area contributed by atoms with Crippen molar-refractivity contribution in [3.8, 4) is 0 Å². The number of nitrogens with one attached hydrogen (secondary N) is 1. The molecule has 2 N–H and O–H groups in total. The number of nitrogens with zero attached hydrogens (tertiary/aromatic N) is 1. The molecule has 2 fully saturated rings. The summed E-state index contributed by atoms with van der Waals surface area (Å²) in [5.74, 6) is -0.317. The number of aliphatic carboxylic acids is 1. The Balaban J connectivity index is 1.54. The van der Waals surface area contributed by atoms with Crippen molar-refractivity contribution in [2.75, 3.05) is 0 Å². The second kappa shape index (κ2) is 8.46. The Kier molecular flexibility index (Phi) is 5.88. The molecule has 4 rings (SSSR count). The summed E-state index contributed by atoms with van der Waals surface area (Å²) in [4.78, 5) is 28.1. The fourth-order valence-electron chi connectivity index (χ4n) is 4.82. The van der Waals surface area contributed by atoms with Crippen molar-refractivity contribution in [1.29, 1.82) is 0 Å². The standard InChI is InChI=1S/C24H30N2O5/c1-24(2,3)26-22(29)17-13-30-23(25-17)21-16(18-9-10-19(21)31-18)12-15-7-5-4-6-14(15)8-11-20(27)28/h4-7,13,16,18-19,21H,8-12H2,1-3H3,(H,26,29)(H,27,28)/t16-,18+,19-,21+/m1/s1. The number of carboxylic acid groups (broad SMARTS) is 1. The third-order valence-corrected chi connectivity index (χ3v) is 6.14. The van der Waals surface area contributed by atoms with Crippen LogP contribution in [0.3, 0.4) is 0 Å². The van der Waals surface area contributed by atoms with Crippen molar-refractivity contribution in [1.82, 2.24) is 10.3 Å². The molecule has 1 aromatic heterocycles. The predicted molar refractivity (Wildman–Crippen MR) is 114 cm³/mol. The van der Waals surface area contributed by atoms with Crippen LogP contribution in [0.1, 0.15) is 73.5 Å². The Labute approximate surface area is 182 Å². The first-order chi connectivity index (χ1) is 14.7. The lowest BCUT2D eigenvalue weighted by atomic mass is 9.75. The number of carbonyl (C=O) groups is 2. The molecule has 31 heavy (non-hydrogen) atoms. The Morgan fingerprint density at radius 2 is 1.87 bits per heavy atom. The molecule has 2 aliphatic heterocycles. The number of hydrogen-bond donors (Lipinski definition) is 2. The number of ether oxygens (including phenoxy) is 1. The van der Waals surface area contributed by atoms with Gasteiger partial charge in [0.15, 0.2) is 5.69 Å². The predicted octanol–water partition coefficient (Wildman–Crippen LogP) is 3.72. The molecule has 0 radical (unpaired) electrons. The first-order valence-electron chi connectivity index (χ1n) is 10.9. The topological polar surface area (TPSA) is 102 Å². The fraction of sp³-hybridized carbons (Fsp3) is 0.542. The van der Waals surface area contributed by atoms with E-state index in [0.29, 0.717) is 12.3 Å². The molecule has 0 spiro atoms. The van der Waals surface area contributed by atoms with Crippen LogP contribution in [0.25, 0.3) is 0 Å². The normalized spacial score (nSPS) is 25.0. The number of fused-ring (bicyclic) bond motifs is 2. The maximum Gasteiger partial charge on any atom is 0.303 e. The van der Waals surface area contributed by atoms with Gasteiger partial charge in [0.05, 0.1) is 18.1 Å². The van der Waals surface area contributed by atoms with Crippen molar-refractivity contribution in [3.05, 3.63) is 53.2 Å². The van der Waals surface area contributed by atoms with Crippen molar-refractivity contribution in [2.45, 2.75) is 76.5 Å². The smallest absolute Gasteiger partial charge is 0.303 e. The Morgan fingerprint density at radius 1 is 1.16 bits per heavy atom. The molecule has 2 saturated heterocycles. The van der Waals surface area contributed by atoms with Crippen molar-refractivity contribution in [3.63, 3.8) is 0 Å². The minimum absolute atomic E-state index is 0.0116. The van der Waals surface area contributed by atoms with E-state index in [1.54, 1.807) is 0 Å². The Hall–Kier alpha value is -2.67. The van der Waals surface area contributed by atoms with E-state index in [2.05, 4.69) is 16.4 Å². The lowest BCUT2D eigenvalue weighted by Gasteiger charge is -2.26. The van der Waals surface area contributed by atoms with E-state index in [1.807, 2.05) is 39.0 Å². The van der Waals surface area contributed by atoms with Gasteiger partial charge in [0.1, 0.15) is 6.26 Å². The molecule has 2 aliphatic rings. The van der Waals surface area contributed by atoms with Crippen molar-refractivity contribution < 1.29 is 23.8 Å². The highest BCUT2D eigenvalue weighted by Gasteiger charge is 2.51. The van der Waals surface area contributed by atoms with Gasteiger partial charge < -0.3 is 19.6 Å². The molecule has 0 saturated carbocycles. The summed E-state index contributed by atoms with van der Waals surface area (Å²) in [6, 6.07) is 8.01. The van der Waals surface area contributed by atoms with Crippen LogP contribution in [0.15, 0.2) is 34.9 Å². The van der Waals surface area contributed by atoms with E-state index >= 15 is 0 Å². The van der Waals surface area contributed by atoms with Crippen LogP contribution in [0.5, 0.6) is 0 Å². The van der Waals surface area contributed by atoms with Crippen molar-refractivity contribution >= 4 is 11.9 Å². The zero-order valence-electron chi connectivity index (χ0n) is 18.3. The number of benzene rings is 1. The maximum atomic E-state index is 12.5. The number of aromatic nitrogens is 1. The summed E-state index contributed by atoms with van der Waals surface area (Å²) >= 11 is 0. The number of carboxylic acids is 1. The van der Waals surface area contributed by atoms with Crippen molar-refractivity contribution in [2.24, 2.45) is 5.92 Å². The minimum Gasteiger partial charge on any atom is -0.481 e. The van der Waals surface area contributed by atoms with Gasteiger partial charge in [0.2, 0.25) is 5.89 Å². The van der Waals surface area contributed by atoms with E-state index in [9.17, 15) is 9.59 Å². The molecule has 3 heterocycles. The van der Waals surface area contributed by atoms with E-state index in [1.165, 1.54) is 6.26 Å². The molecular formula is C24H30N2O5. The molecule has 7 heteroatoms. The first-order valence-corrected chi connectivity index (χ1v) is 10.9. The largest absolute Gasteiger partial charge is 0.481 e. The minimum atomic E-state index is -0.795. The summed E-state index contributed by atoms with van der Waals surface area (Å²) in [6.45, 7) is 5.77. The van der Waals surface area contributed by atoms with Crippen LogP contribution in [-0.4, -0.2) is 39.7 Å². The quantitative estimate of drug-likeness (QED) is 0.700. The maximum absolute atomic E-state index is 12.5. The molecule has 1 amide bonds. The number of rotatable bonds is 7. The molecule has 1 aromatic carbocycles. The van der Waals surface area contributed by atoms with Gasteiger partial charge in [-0.3, -0.25) is 9.59 Å². The molecule has 2 aromatic rings. The highest BCUT2D eigenvalue weighted by molar-refractivity contribution is 5.92. The second-order valence-corrected chi connectivity index (χ2v) is 9.62. The number of oxazole rings is 1. The van der Waals surface area contributed by atoms with Gasteiger partial charge in [-0.15, -0.1) is 0 Å². The van der Waals surface area contributed by atoms with Gasteiger partial charge in [-0.1, -0.05) is 24.3 Å². The molecule has 7 nitrogen and oxygen atoms in total. The van der Waals surface area contributed by atoms with Gasteiger partial charge in [-0.2, -0.15) is 0 Å². The molecule has 2 bridgehead atoms. The summed E-state index contributed by atoms with van der Waals surface area (Å²) in [5, 5.41) is 12.0. The van der Waals surface area contributed by atoms with Crippen LogP contribution < -0.4 is 5.32 Å². The molecule has 0 unspecified atom stereocenters. The molecular weight excluding hydrogens is 396 g/mol. The average molecular weight is 427 g/mol. The summed E-state index contributed by atoms with van der Waals surface area (Å²) in [6.07, 6.45) is 4.95. The number of aryl methyl sites for hydroxylation is 1. The Morgan fingerprint density at radius 3 is 2.58 bits per heavy atom. The third kappa shape index (κ3) is 4.82. The van der Waals surface area contributed by atoms with Gasteiger partial charge in [-0.05, 0) is 57.6 Å². The third-order valence-electron chi connectivity index (χ3n) is 6.14. The molecule has 0 aliphatic carbocycles. The second-order valence-electron chi connectivity index (χ2n) is 9.62. The van der Waals surface area contributed by atoms with Crippen LogP contribution in [0, 0.1) is 5.92 Å².